The van der Waals surface area contributed by atoms with Crippen LogP contribution in [-0.2, 0) is 6.18 Å². The standard InChI is InChI=1S/C13H16F3N3O/c1-19(9-5-7-17-8-6-9)12-10(13(14,15)16)3-2-4-11(12)18-20/h2-4,9,17H,5-8H2,1H3. The second-order valence-electron chi connectivity index (χ2n) is 4.85. The van der Waals surface area contributed by atoms with E-state index in [1.54, 1.807) is 11.9 Å². The third-order valence-electron chi connectivity index (χ3n) is 3.63. The molecule has 0 unspecified atom stereocenters. The maximum atomic E-state index is 13.1. The van der Waals surface area contributed by atoms with Gasteiger partial charge in [0.1, 0.15) is 5.69 Å². The van der Waals surface area contributed by atoms with E-state index in [0.717, 1.165) is 32.0 Å². The number of nitrogens with one attached hydrogen (secondary N) is 1. The van der Waals surface area contributed by atoms with Crippen LogP contribution < -0.4 is 10.2 Å². The van der Waals surface area contributed by atoms with E-state index in [9.17, 15) is 18.1 Å². The van der Waals surface area contributed by atoms with Crippen LogP contribution in [0, 0.1) is 4.91 Å². The summed E-state index contributed by atoms with van der Waals surface area (Å²) in [5.74, 6) is 0. The first-order valence-corrected chi connectivity index (χ1v) is 6.42. The van der Waals surface area contributed by atoms with Gasteiger partial charge in [-0.2, -0.15) is 13.2 Å². The Morgan fingerprint density at radius 1 is 1.30 bits per heavy atom. The van der Waals surface area contributed by atoms with E-state index in [-0.39, 0.29) is 17.4 Å². The third kappa shape index (κ3) is 2.92. The highest BCUT2D eigenvalue weighted by molar-refractivity contribution is 5.72. The maximum absolute atomic E-state index is 13.1. The van der Waals surface area contributed by atoms with Crippen molar-refractivity contribution >= 4 is 11.4 Å². The fraction of sp³-hybridized carbons (Fsp3) is 0.538. The highest BCUT2D eigenvalue weighted by Crippen LogP contribution is 2.42. The summed E-state index contributed by atoms with van der Waals surface area (Å²) in [4.78, 5) is 12.4. The summed E-state index contributed by atoms with van der Waals surface area (Å²) in [6.45, 7) is 1.51. The molecule has 7 heteroatoms. The van der Waals surface area contributed by atoms with Gasteiger partial charge in [0.05, 0.1) is 11.3 Å². The zero-order chi connectivity index (χ0) is 14.8. The minimum Gasteiger partial charge on any atom is -0.369 e. The molecule has 1 saturated heterocycles. The average molecular weight is 287 g/mol. The summed E-state index contributed by atoms with van der Waals surface area (Å²) < 4.78 is 39.3. The van der Waals surface area contributed by atoms with Crippen molar-refractivity contribution in [3.63, 3.8) is 0 Å². The van der Waals surface area contributed by atoms with Crippen molar-refractivity contribution in [2.75, 3.05) is 25.0 Å². The molecule has 2 rings (SSSR count). The second-order valence-corrected chi connectivity index (χ2v) is 4.85. The number of rotatable bonds is 3. The Hall–Kier alpha value is -1.63. The van der Waals surface area contributed by atoms with Crippen molar-refractivity contribution in [2.45, 2.75) is 25.1 Å². The number of piperidine rings is 1. The highest BCUT2D eigenvalue weighted by atomic mass is 19.4. The van der Waals surface area contributed by atoms with Crippen molar-refractivity contribution in [3.8, 4) is 0 Å². The number of anilines is 1. The number of nitroso groups, excluding NO2 is 1. The number of hydrogen-bond donors (Lipinski definition) is 1. The van der Waals surface area contributed by atoms with E-state index >= 15 is 0 Å². The lowest BCUT2D eigenvalue weighted by atomic mass is 10.0. The summed E-state index contributed by atoms with van der Waals surface area (Å²) in [7, 11) is 1.59. The number of hydrogen-bond acceptors (Lipinski definition) is 4. The SMILES string of the molecule is CN(c1c(N=O)cccc1C(F)(F)F)C1CCNCC1. The Kier molecular flexibility index (Phi) is 4.27. The lowest BCUT2D eigenvalue weighted by Crippen LogP contribution is -2.41. The van der Waals surface area contributed by atoms with Gasteiger partial charge in [0, 0.05) is 13.1 Å². The lowest BCUT2D eigenvalue weighted by Gasteiger charge is -2.35. The fourth-order valence-electron chi connectivity index (χ4n) is 2.58. The van der Waals surface area contributed by atoms with Crippen LogP contribution >= 0.6 is 0 Å². The summed E-state index contributed by atoms with van der Waals surface area (Å²) in [5.41, 5.74) is -1.10. The largest absolute Gasteiger partial charge is 0.418 e. The molecule has 0 amide bonds. The van der Waals surface area contributed by atoms with Crippen LogP contribution in [0.1, 0.15) is 18.4 Å². The summed E-state index contributed by atoms with van der Waals surface area (Å²) in [6, 6.07) is 3.48. The van der Waals surface area contributed by atoms with Crippen molar-refractivity contribution in [1.29, 1.82) is 0 Å². The predicted octanol–water partition coefficient (Wildman–Crippen LogP) is 3.29. The highest BCUT2D eigenvalue weighted by Gasteiger charge is 2.37. The van der Waals surface area contributed by atoms with Gasteiger partial charge in [-0.05, 0) is 43.2 Å². The molecule has 0 aliphatic carbocycles. The van der Waals surface area contributed by atoms with Gasteiger partial charge in [-0.3, -0.25) is 0 Å². The third-order valence-corrected chi connectivity index (χ3v) is 3.63. The Morgan fingerprint density at radius 3 is 2.50 bits per heavy atom. The van der Waals surface area contributed by atoms with Gasteiger partial charge in [0.15, 0.2) is 0 Å². The first-order chi connectivity index (χ1) is 9.45. The van der Waals surface area contributed by atoms with Crippen LogP contribution in [0.5, 0.6) is 0 Å². The van der Waals surface area contributed by atoms with Gasteiger partial charge in [0.2, 0.25) is 0 Å². The molecule has 1 N–H and O–H groups in total. The van der Waals surface area contributed by atoms with E-state index < -0.39 is 11.7 Å². The Bertz CT molecular complexity index is 484. The molecule has 1 aromatic rings. The summed E-state index contributed by atoms with van der Waals surface area (Å²) >= 11 is 0. The number of benzene rings is 1. The summed E-state index contributed by atoms with van der Waals surface area (Å²) in [5, 5.41) is 5.91. The number of nitrogens with zero attached hydrogens (tertiary/aromatic N) is 2. The molecule has 4 nitrogen and oxygen atoms in total. The van der Waals surface area contributed by atoms with E-state index in [1.165, 1.54) is 12.1 Å². The van der Waals surface area contributed by atoms with Crippen LogP contribution in [0.15, 0.2) is 23.4 Å². The molecule has 1 heterocycles. The van der Waals surface area contributed by atoms with Crippen LogP contribution in [0.2, 0.25) is 0 Å². The molecule has 0 spiro atoms. The zero-order valence-corrected chi connectivity index (χ0v) is 11.1. The van der Waals surface area contributed by atoms with Crippen LogP contribution in [0.4, 0.5) is 24.5 Å². The van der Waals surface area contributed by atoms with Crippen molar-refractivity contribution in [1.82, 2.24) is 5.32 Å². The molecule has 1 aliphatic heterocycles. The monoisotopic (exact) mass is 287 g/mol. The Morgan fingerprint density at radius 2 is 1.95 bits per heavy atom. The van der Waals surface area contributed by atoms with Gasteiger partial charge in [-0.25, -0.2) is 0 Å². The van der Waals surface area contributed by atoms with Crippen LogP contribution in [0.25, 0.3) is 0 Å². The molecule has 20 heavy (non-hydrogen) atoms. The van der Waals surface area contributed by atoms with E-state index in [2.05, 4.69) is 10.5 Å². The maximum Gasteiger partial charge on any atom is 0.418 e. The fourth-order valence-corrected chi connectivity index (χ4v) is 2.58. The molecule has 1 aliphatic rings. The molecule has 0 saturated carbocycles. The molecule has 0 aromatic heterocycles. The molecular formula is C13H16F3N3O. The van der Waals surface area contributed by atoms with Gasteiger partial charge in [-0.1, -0.05) is 6.07 Å². The number of halogens is 3. The molecule has 0 radical (unpaired) electrons. The first kappa shape index (κ1) is 14.8. The molecular weight excluding hydrogens is 271 g/mol. The van der Waals surface area contributed by atoms with Gasteiger partial charge in [0.25, 0.3) is 0 Å². The molecule has 0 atom stereocenters. The second kappa shape index (κ2) is 5.78. The van der Waals surface area contributed by atoms with Crippen LogP contribution in [-0.4, -0.2) is 26.2 Å². The average Bonchev–Trinajstić information content (AvgIpc) is 2.45. The number of para-hydroxylation sites is 1. The molecule has 1 fully saturated rings. The lowest BCUT2D eigenvalue weighted by molar-refractivity contribution is -0.137. The van der Waals surface area contributed by atoms with Crippen LogP contribution in [0.3, 0.4) is 0 Å². The Balaban J connectivity index is 2.44. The van der Waals surface area contributed by atoms with Gasteiger partial charge < -0.3 is 10.2 Å². The smallest absolute Gasteiger partial charge is 0.369 e. The molecule has 110 valence electrons. The van der Waals surface area contributed by atoms with Gasteiger partial charge >= 0.3 is 6.18 Å². The van der Waals surface area contributed by atoms with Gasteiger partial charge in [-0.15, -0.1) is 4.91 Å². The quantitative estimate of drug-likeness (QED) is 0.868. The minimum atomic E-state index is -4.50. The zero-order valence-electron chi connectivity index (χ0n) is 11.1. The van der Waals surface area contributed by atoms with Crippen molar-refractivity contribution in [3.05, 3.63) is 28.7 Å². The van der Waals surface area contributed by atoms with E-state index in [4.69, 9.17) is 0 Å². The number of alkyl halides is 3. The predicted molar refractivity (Wildman–Crippen MR) is 71.2 cm³/mol. The topological polar surface area (TPSA) is 44.7 Å². The van der Waals surface area contributed by atoms with Crippen molar-refractivity contribution in [2.24, 2.45) is 5.18 Å². The Labute approximate surface area is 114 Å². The van der Waals surface area contributed by atoms with E-state index in [0.29, 0.717) is 0 Å². The van der Waals surface area contributed by atoms with Crippen molar-refractivity contribution < 1.29 is 13.2 Å². The van der Waals surface area contributed by atoms with E-state index in [1.807, 2.05) is 0 Å². The molecule has 1 aromatic carbocycles. The first-order valence-electron chi connectivity index (χ1n) is 6.42. The summed E-state index contributed by atoms with van der Waals surface area (Å²) in [6.07, 6.45) is -3.03. The normalized spacial score (nSPS) is 17.0. The minimum absolute atomic E-state index is 0.0275. The molecule has 0 bridgehead atoms.